The molecule has 2 heterocycles. The highest BCUT2D eigenvalue weighted by Crippen LogP contribution is 2.25. The number of aromatic nitrogens is 2. The average Bonchev–Trinajstić information content (AvgIpc) is 2.68. The monoisotopic (exact) mass is 322 g/mol. The van der Waals surface area contributed by atoms with Crippen molar-refractivity contribution in [3.63, 3.8) is 0 Å². The summed E-state index contributed by atoms with van der Waals surface area (Å²) >= 11 is 0. The number of allylic oxidation sites excluding steroid dienone is 2. The predicted octanol–water partition coefficient (Wildman–Crippen LogP) is 2.63. The van der Waals surface area contributed by atoms with E-state index >= 15 is 0 Å². The minimum atomic E-state index is 0.182. The molecule has 1 atom stereocenters. The molecule has 5 heteroatoms. The molecule has 5 nitrogen and oxygen atoms in total. The van der Waals surface area contributed by atoms with E-state index in [1.54, 1.807) is 6.33 Å². The van der Waals surface area contributed by atoms with Gasteiger partial charge in [0, 0.05) is 37.5 Å². The first-order valence-electron chi connectivity index (χ1n) is 8.71. The van der Waals surface area contributed by atoms with Gasteiger partial charge in [-0.1, -0.05) is 24.3 Å². The number of anilines is 1. The van der Waals surface area contributed by atoms with Crippen LogP contribution in [-0.4, -0.2) is 47.0 Å². The first kappa shape index (κ1) is 15.1. The smallest absolute Gasteiger partial charge is 0.226 e. The van der Waals surface area contributed by atoms with Gasteiger partial charge in [0.15, 0.2) is 0 Å². The quantitative estimate of drug-likeness (QED) is 0.798. The lowest BCUT2D eigenvalue weighted by molar-refractivity contribution is -0.136. The molecule has 1 saturated heterocycles. The van der Waals surface area contributed by atoms with E-state index in [-0.39, 0.29) is 5.92 Å². The Morgan fingerprint density at radius 1 is 1.04 bits per heavy atom. The van der Waals surface area contributed by atoms with Gasteiger partial charge < -0.3 is 9.80 Å². The molecule has 0 radical (unpaired) electrons. The number of hydrogen-bond donors (Lipinski definition) is 0. The summed E-state index contributed by atoms with van der Waals surface area (Å²) in [6.45, 7) is 3.21. The Kier molecular flexibility index (Phi) is 4.15. The second-order valence-corrected chi connectivity index (χ2v) is 6.51. The highest BCUT2D eigenvalue weighted by atomic mass is 16.2. The third kappa shape index (κ3) is 2.86. The van der Waals surface area contributed by atoms with Gasteiger partial charge in [-0.05, 0) is 31.4 Å². The van der Waals surface area contributed by atoms with Crippen LogP contribution in [0.3, 0.4) is 0 Å². The predicted molar refractivity (Wildman–Crippen MR) is 94.8 cm³/mol. The molecule has 0 N–H and O–H groups in total. The van der Waals surface area contributed by atoms with Crippen LogP contribution in [0.2, 0.25) is 0 Å². The van der Waals surface area contributed by atoms with Gasteiger partial charge in [0.1, 0.15) is 12.1 Å². The second kappa shape index (κ2) is 6.59. The summed E-state index contributed by atoms with van der Waals surface area (Å²) in [6, 6.07) is 8.09. The topological polar surface area (TPSA) is 49.3 Å². The van der Waals surface area contributed by atoms with Gasteiger partial charge in [0.05, 0.1) is 5.52 Å². The number of piperazine rings is 1. The Hall–Kier alpha value is -2.43. The van der Waals surface area contributed by atoms with E-state index in [0.29, 0.717) is 5.91 Å². The van der Waals surface area contributed by atoms with E-state index in [1.165, 1.54) is 0 Å². The summed E-state index contributed by atoms with van der Waals surface area (Å²) in [7, 11) is 0. The van der Waals surface area contributed by atoms with Crippen molar-refractivity contribution in [1.29, 1.82) is 0 Å². The van der Waals surface area contributed by atoms with Gasteiger partial charge in [-0.25, -0.2) is 9.97 Å². The van der Waals surface area contributed by atoms with Crippen LogP contribution >= 0.6 is 0 Å². The minimum Gasteiger partial charge on any atom is -0.352 e. The van der Waals surface area contributed by atoms with Crippen molar-refractivity contribution < 1.29 is 4.79 Å². The normalized spacial score (nSPS) is 21.2. The number of benzene rings is 1. The summed E-state index contributed by atoms with van der Waals surface area (Å²) in [6.07, 6.45) is 8.88. The van der Waals surface area contributed by atoms with Crippen molar-refractivity contribution in [2.45, 2.75) is 19.3 Å². The maximum absolute atomic E-state index is 12.7. The maximum atomic E-state index is 12.7. The number of para-hydroxylation sites is 1. The maximum Gasteiger partial charge on any atom is 0.226 e. The molecule has 24 heavy (non-hydrogen) atoms. The van der Waals surface area contributed by atoms with Crippen LogP contribution in [-0.2, 0) is 4.79 Å². The Bertz CT molecular complexity index is 760. The molecule has 1 fully saturated rings. The van der Waals surface area contributed by atoms with E-state index < -0.39 is 0 Å². The third-order valence-corrected chi connectivity index (χ3v) is 5.03. The fourth-order valence-corrected chi connectivity index (χ4v) is 3.66. The molecule has 1 aliphatic heterocycles. The summed E-state index contributed by atoms with van der Waals surface area (Å²) < 4.78 is 0. The molecule has 124 valence electrons. The van der Waals surface area contributed by atoms with E-state index in [4.69, 9.17) is 0 Å². The molecule has 0 spiro atoms. The third-order valence-electron chi connectivity index (χ3n) is 5.03. The van der Waals surface area contributed by atoms with Crippen LogP contribution in [0.4, 0.5) is 5.82 Å². The Morgan fingerprint density at radius 3 is 2.67 bits per heavy atom. The van der Waals surface area contributed by atoms with Gasteiger partial charge in [-0.2, -0.15) is 0 Å². The molecule has 0 unspecified atom stereocenters. The van der Waals surface area contributed by atoms with Gasteiger partial charge in [0.2, 0.25) is 5.91 Å². The number of nitrogens with zero attached hydrogens (tertiary/aromatic N) is 4. The van der Waals surface area contributed by atoms with Crippen molar-refractivity contribution in [2.24, 2.45) is 5.92 Å². The van der Waals surface area contributed by atoms with E-state index in [1.807, 2.05) is 23.1 Å². The van der Waals surface area contributed by atoms with Crippen molar-refractivity contribution in [2.75, 3.05) is 31.1 Å². The molecule has 1 aromatic carbocycles. The number of carbonyl (C=O) groups excluding carboxylic acids is 1. The van der Waals surface area contributed by atoms with Crippen LogP contribution in [0.5, 0.6) is 0 Å². The van der Waals surface area contributed by atoms with Crippen LogP contribution in [0, 0.1) is 5.92 Å². The van der Waals surface area contributed by atoms with Gasteiger partial charge in [-0.15, -0.1) is 0 Å². The van der Waals surface area contributed by atoms with Crippen LogP contribution < -0.4 is 4.90 Å². The molecule has 2 aromatic rings. The zero-order chi connectivity index (χ0) is 16.4. The molecule has 0 bridgehead atoms. The highest BCUT2D eigenvalue weighted by Gasteiger charge is 2.28. The Morgan fingerprint density at radius 2 is 1.88 bits per heavy atom. The SMILES string of the molecule is O=C([C@@H]1CC=CCC1)N1CCN(c2ncnc3ccccc23)CC1. The zero-order valence-corrected chi connectivity index (χ0v) is 13.8. The molecular formula is C19H22N4O. The van der Waals surface area contributed by atoms with Gasteiger partial charge >= 0.3 is 0 Å². The van der Waals surface area contributed by atoms with Gasteiger partial charge in [-0.3, -0.25) is 4.79 Å². The average molecular weight is 322 g/mol. The summed E-state index contributed by atoms with van der Waals surface area (Å²) in [4.78, 5) is 25.8. The van der Waals surface area contributed by atoms with Crippen molar-refractivity contribution in [3.8, 4) is 0 Å². The van der Waals surface area contributed by atoms with Crippen LogP contribution in [0.1, 0.15) is 19.3 Å². The number of fused-ring (bicyclic) bond motifs is 1. The van der Waals surface area contributed by atoms with Crippen molar-refractivity contribution >= 4 is 22.6 Å². The minimum absolute atomic E-state index is 0.182. The first-order valence-corrected chi connectivity index (χ1v) is 8.71. The van der Waals surface area contributed by atoms with E-state index in [9.17, 15) is 4.79 Å². The fourth-order valence-electron chi connectivity index (χ4n) is 3.66. The lowest BCUT2D eigenvalue weighted by atomic mass is 9.93. The number of hydrogen-bond acceptors (Lipinski definition) is 4. The number of amides is 1. The van der Waals surface area contributed by atoms with E-state index in [2.05, 4.69) is 33.1 Å². The number of carbonyl (C=O) groups is 1. The van der Waals surface area contributed by atoms with Gasteiger partial charge in [0.25, 0.3) is 0 Å². The highest BCUT2D eigenvalue weighted by molar-refractivity contribution is 5.89. The van der Waals surface area contributed by atoms with Crippen molar-refractivity contribution in [3.05, 3.63) is 42.7 Å². The first-order chi connectivity index (χ1) is 11.8. The Labute approximate surface area is 142 Å². The fraction of sp³-hybridized carbons (Fsp3) is 0.421. The molecule has 2 aliphatic rings. The molecule has 0 saturated carbocycles. The number of rotatable bonds is 2. The van der Waals surface area contributed by atoms with Crippen LogP contribution in [0.25, 0.3) is 10.9 Å². The zero-order valence-electron chi connectivity index (χ0n) is 13.8. The molecule has 1 amide bonds. The Balaban J connectivity index is 1.46. The summed E-state index contributed by atoms with van der Waals surface area (Å²) in [5, 5.41) is 1.08. The second-order valence-electron chi connectivity index (χ2n) is 6.51. The molecule has 4 rings (SSSR count). The molecule has 1 aliphatic carbocycles. The molecular weight excluding hydrogens is 300 g/mol. The lowest BCUT2D eigenvalue weighted by Gasteiger charge is -2.37. The molecule has 1 aromatic heterocycles. The van der Waals surface area contributed by atoms with E-state index in [0.717, 1.165) is 62.2 Å². The largest absolute Gasteiger partial charge is 0.352 e. The standard InChI is InChI=1S/C19H22N4O/c24-19(15-6-2-1-3-7-15)23-12-10-22(11-13-23)18-16-8-4-5-9-17(16)20-14-21-18/h1-2,4-5,8-9,14-15H,3,6-7,10-13H2/t15-/m1/s1. The summed E-state index contributed by atoms with van der Waals surface area (Å²) in [5.74, 6) is 1.49. The summed E-state index contributed by atoms with van der Waals surface area (Å²) in [5.41, 5.74) is 0.968. The van der Waals surface area contributed by atoms with Crippen molar-refractivity contribution in [1.82, 2.24) is 14.9 Å². The lowest BCUT2D eigenvalue weighted by Crippen LogP contribution is -2.50. The van der Waals surface area contributed by atoms with Crippen LogP contribution in [0.15, 0.2) is 42.7 Å².